The van der Waals surface area contributed by atoms with Crippen molar-refractivity contribution in [2.45, 2.75) is 0 Å². The van der Waals surface area contributed by atoms with E-state index in [9.17, 15) is 19.8 Å². The molecule has 27 heavy (non-hydrogen) atoms. The lowest BCUT2D eigenvalue weighted by atomic mass is 10.2. The van der Waals surface area contributed by atoms with E-state index < -0.39 is 10.7 Å². The van der Waals surface area contributed by atoms with Crippen molar-refractivity contribution < 1.29 is 9.31 Å². The summed E-state index contributed by atoms with van der Waals surface area (Å²) in [7, 11) is 0. The molecule has 0 saturated carbocycles. The van der Waals surface area contributed by atoms with Crippen molar-refractivity contribution in [2.75, 3.05) is 5.32 Å². The lowest BCUT2D eigenvalue weighted by Gasteiger charge is -2.03. The van der Waals surface area contributed by atoms with Gasteiger partial charge in [-0.3, -0.25) is 10.1 Å². The van der Waals surface area contributed by atoms with E-state index in [-0.39, 0.29) is 16.9 Å². The van der Waals surface area contributed by atoms with Gasteiger partial charge in [0.05, 0.1) is 16.3 Å². The van der Waals surface area contributed by atoms with Crippen molar-refractivity contribution in [3.05, 3.63) is 79.5 Å². The second-order valence-corrected chi connectivity index (χ2v) is 7.05. The van der Waals surface area contributed by atoms with Crippen LogP contribution in [0.15, 0.2) is 58.5 Å². The summed E-state index contributed by atoms with van der Waals surface area (Å²) in [5, 5.41) is 25.1. The Morgan fingerprint density at radius 1 is 1.33 bits per heavy atom. The van der Waals surface area contributed by atoms with E-state index in [0.29, 0.717) is 10.7 Å². The van der Waals surface area contributed by atoms with Crippen molar-refractivity contribution in [1.29, 1.82) is 5.26 Å². The van der Waals surface area contributed by atoms with E-state index in [1.807, 2.05) is 35.7 Å². The van der Waals surface area contributed by atoms with Crippen LogP contribution in [0.25, 0.3) is 16.8 Å². The molecule has 0 saturated heterocycles. The smallest absolute Gasteiger partial charge is 0.271 e. The molecular formula is C18H10BrFN4O2S. The molecule has 0 radical (unpaired) electrons. The molecule has 6 nitrogen and oxygen atoms in total. The molecular weight excluding hydrogens is 435 g/mol. The normalized spacial score (nSPS) is 11.1. The minimum absolute atomic E-state index is 0.0957. The first-order chi connectivity index (χ1) is 13.0. The maximum atomic E-state index is 13.8. The summed E-state index contributed by atoms with van der Waals surface area (Å²) in [5.74, 6) is -0.663. The number of rotatable bonds is 5. The van der Waals surface area contributed by atoms with Gasteiger partial charge in [-0.2, -0.15) is 5.26 Å². The number of nitriles is 1. The second-order valence-electron chi connectivity index (χ2n) is 5.28. The van der Waals surface area contributed by atoms with E-state index in [0.717, 1.165) is 28.2 Å². The molecule has 0 aliphatic heterocycles. The van der Waals surface area contributed by atoms with Gasteiger partial charge in [0.1, 0.15) is 22.5 Å². The Kier molecular flexibility index (Phi) is 5.59. The van der Waals surface area contributed by atoms with Crippen molar-refractivity contribution in [3.63, 3.8) is 0 Å². The third-order valence-corrected chi connectivity index (χ3v) is 4.93. The summed E-state index contributed by atoms with van der Waals surface area (Å²) >= 11 is 4.64. The van der Waals surface area contributed by atoms with E-state index in [4.69, 9.17) is 0 Å². The zero-order chi connectivity index (χ0) is 19.4. The maximum absolute atomic E-state index is 13.8. The highest BCUT2D eigenvalue weighted by Gasteiger charge is 2.12. The molecule has 1 aromatic heterocycles. The largest absolute Gasteiger partial charge is 0.358 e. The molecule has 2 aromatic carbocycles. The van der Waals surface area contributed by atoms with E-state index in [1.165, 1.54) is 17.5 Å². The van der Waals surface area contributed by atoms with Crippen LogP contribution >= 0.6 is 27.3 Å². The minimum Gasteiger partial charge on any atom is -0.358 e. The van der Waals surface area contributed by atoms with Crippen LogP contribution < -0.4 is 5.32 Å². The molecule has 0 bridgehead atoms. The summed E-state index contributed by atoms with van der Waals surface area (Å²) in [5.41, 5.74) is 1.45. The third-order valence-electron chi connectivity index (χ3n) is 3.53. The molecule has 0 aliphatic carbocycles. The van der Waals surface area contributed by atoms with Gasteiger partial charge in [-0.05, 0) is 18.2 Å². The lowest BCUT2D eigenvalue weighted by molar-refractivity contribution is -0.384. The number of nitrogens with one attached hydrogen (secondary N) is 1. The molecule has 0 unspecified atom stereocenters. The quantitative estimate of drug-likeness (QED) is 0.314. The number of nitrogens with zero attached hydrogens (tertiary/aromatic N) is 3. The fourth-order valence-corrected chi connectivity index (χ4v) is 3.24. The second kappa shape index (κ2) is 8.07. The number of hydrogen-bond donors (Lipinski definition) is 1. The Labute approximate surface area is 165 Å². The fraction of sp³-hybridized carbons (Fsp3) is 0. The van der Waals surface area contributed by atoms with Gasteiger partial charge in [0, 0.05) is 33.7 Å². The molecule has 0 amide bonds. The molecule has 0 fully saturated rings. The van der Waals surface area contributed by atoms with Gasteiger partial charge in [0.15, 0.2) is 0 Å². The van der Waals surface area contributed by atoms with Gasteiger partial charge in [0.25, 0.3) is 5.69 Å². The molecule has 134 valence electrons. The number of hydrogen-bond acceptors (Lipinski definition) is 6. The zero-order valence-corrected chi connectivity index (χ0v) is 15.9. The average molecular weight is 445 g/mol. The van der Waals surface area contributed by atoms with E-state index >= 15 is 0 Å². The van der Waals surface area contributed by atoms with Crippen LogP contribution in [-0.4, -0.2) is 9.91 Å². The molecule has 9 heteroatoms. The SMILES string of the molecule is N#C/C(=C/Nc1cc([N+](=O)[O-])ccc1F)c1nc(-c2ccc(Br)cc2)cs1. The molecule has 3 aromatic rings. The van der Waals surface area contributed by atoms with Crippen LogP contribution in [0.2, 0.25) is 0 Å². The van der Waals surface area contributed by atoms with Gasteiger partial charge < -0.3 is 5.32 Å². The predicted molar refractivity (Wildman–Crippen MR) is 106 cm³/mol. The Morgan fingerprint density at radius 2 is 2.07 bits per heavy atom. The number of aromatic nitrogens is 1. The van der Waals surface area contributed by atoms with Gasteiger partial charge in [0.2, 0.25) is 0 Å². The number of allylic oxidation sites excluding steroid dienone is 1. The molecule has 0 spiro atoms. The zero-order valence-electron chi connectivity index (χ0n) is 13.5. The number of thiazole rings is 1. The van der Waals surface area contributed by atoms with Crippen LogP contribution in [-0.2, 0) is 0 Å². The van der Waals surface area contributed by atoms with Crippen LogP contribution in [0.1, 0.15) is 5.01 Å². The topological polar surface area (TPSA) is 91.8 Å². The number of nitro groups is 1. The lowest BCUT2D eigenvalue weighted by Crippen LogP contribution is -1.96. The van der Waals surface area contributed by atoms with E-state index in [2.05, 4.69) is 26.2 Å². The van der Waals surface area contributed by atoms with Crippen molar-refractivity contribution in [1.82, 2.24) is 4.98 Å². The third kappa shape index (κ3) is 4.36. The number of anilines is 1. The van der Waals surface area contributed by atoms with Crippen LogP contribution in [0.4, 0.5) is 15.8 Å². The highest BCUT2D eigenvalue weighted by atomic mass is 79.9. The molecule has 0 aliphatic rings. The van der Waals surface area contributed by atoms with Crippen LogP contribution in [0.3, 0.4) is 0 Å². The first-order valence-corrected chi connectivity index (χ1v) is 9.18. The highest BCUT2D eigenvalue weighted by molar-refractivity contribution is 9.10. The molecule has 1 heterocycles. The predicted octanol–water partition coefficient (Wildman–Crippen LogP) is 5.60. The van der Waals surface area contributed by atoms with Crippen LogP contribution in [0, 0.1) is 27.3 Å². The Morgan fingerprint density at radius 3 is 2.74 bits per heavy atom. The average Bonchev–Trinajstić information content (AvgIpc) is 3.14. The van der Waals surface area contributed by atoms with Gasteiger partial charge >= 0.3 is 0 Å². The highest BCUT2D eigenvalue weighted by Crippen LogP contribution is 2.28. The van der Waals surface area contributed by atoms with Gasteiger partial charge in [-0.15, -0.1) is 11.3 Å². The molecule has 3 rings (SSSR count). The first-order valence-electron chi connectivity index (χ1n) is 7.50. The van der Waals surface area contributed by atoms with Crippen molar-refractivity contribution >= 4 is 44.2 Å². The Bertz CT molecular complexity index is 1070. The first kappa shape index (κ1) is 18.7. The Hall–Kier alpha value is -3.09. The maximum Gasteiger partial charge on any atom is 0.271 e. The number of halogens is 2. The van der Waals surface area contributed by atoms with Crippen molar-refractivity contribution in [3.8, 4) is 17.3 Å². The standard InChI is InChI=1S/C18H10BrFN4O2S/c19-13-3-1-11(2-4-13)17-10-27-18(23-17)12(8-21)9-22-16-7-14(24(25)26)5-6-15(16)20/h1-7,9-10,22H/b12-9-. The number of nitro benzene ring substituents is 1. The van der Waals surface area contributed by atoms with E-state index in [1.54, 1.807) is 0 Å². The summed E-state index contributed by atoms with van der Waals surface area (Å²) in [6.45, 7) is 0. The van der Waals surface area contributed by atoms with Crippen molar-refractivity contribution in [2.24, 2.45) is 0 Å². The number of benzene rings is 2. The minimum atomic E-state index is -0.663. The summed E-state index contributed by atoms with van der Waals surface area (Å²) < 4.78 is 14.8. The molecule has 1 N–H and O–H groups in total. The fourth-order valence-electron chi connectivity index (χ4n) is 2.18. The Balaban J connectivity index is 1.86. The van der Waals surface area contributed by atoms with Gasteiger partial charge in [-0.25, -0.2) is 9.37 Å². The summed E-state index contributed by atoms with van der Waals surface area (Å²) in [6, 6.07) is 12.7. The summed E-state index contributed by atoms with van der Waals surface area (Å²) in [6.07, 6.45) is 1.28. The van der Waals surface area contributed by atoms with Gasteiger partial charge in [-0.1, -0.05) is 28.1 Å². The number of non-ortho nitro benzene ring substituents is 1. The monoisotopic (exact) mass is 444 g/mol. The summed E-state index contributed by atoms with van der Waals surface area (Å²) in [4.78, 5) is 14.6. The van der Waals surface area contributed by atoms with Crippen LogP contribution in [0.5, 0.6) is 0 Å². The molecule has 0 atom stereocenters.